The molecule has 1 aromatic heterocycles. The number of aromatic nitrogens is 2. The third-order valence-electron chi connectivity index (χ3n) is 12.3. The molecule has 11 nitrogen and oxygen atoms in total. The Hall–Kier alpha value is -5.36. The number of carbonyl (C=O) groups is 1. The molecule has 4 atom stereocenters. The second kappa shape index (κ2) is 20.7. The first-order valence-corrected chi connectivity index (χ1v) is 26.5. The number of hydroxylamine groups is 2. The van der Waals surface area contributed by atoms with Crippen molar-refractivity contribution in [1.82, 2.24) is 14.6 Å². The number of hydrogen-bond donors (Lipinski definition) is 1. The van der Waals surface area contributed by atoms with Crippen LogP contribution in [0.2, 0.25) is 10.1 Å². The highest BCUT2D eigenvalue weighted by Crippen LogP contribution is 2.44. The molecule has 1 saturated heterocycles. The van der Waals surface area contributed by atoms with E-state index in [0.717, 1.165) is 20.7 Å². The molecular formula is C53H64N4O7Si2. The standard InChI is InChI=1S/C53H64N4O7Si2/c1-39-37-57(51(59)55-48(39)54-49(58)40-25-15-10-16-26-40)50-47(60-35-36-61-56(8)9)46(64-66(53(5,6)7,43-31-21-13-22-32-43)44-33-23-14-24-34-44)45(63-50)38-62-65(52(2,3)4,41-27-17-11-18-28-41)42-29-19-12-20-30-42/h10-34,37,45-47,50H,35-36,38H2,1-9H3,(H,54,55,58,59)/t45-,46-,47-,50-/m1/s1. The summed E-state index contributed by atoms with van der Waals surface area (Å²) in [5, 5.41) is 8.14. The molecule has 0 aliphatic carbocycles. The quantitative estimate of drug-likeness (QED) is 0.0582. The second-order valence-corrected chi connectivity index (χ2v) is 27.6. The fraction of sp³-hybridized carbons (Fsp3) is 0.340. The largest absolute Gasteiger partial charge is 0.405 e. The zero-order valence-electron chi connectivity index (χ0n) is 39.6. The maximum Gasteiger partial charge on any atom is 0.351 e. The molecule has 5 aromatic carbocycles. The average molecular weight is 925 g/mol. The van der Waals surface area contributed by atoms with Crippen molar-refractivity contribution in [1.29, 1.82) is 0 Å². The van der Waals surface area contributed by atoms with Crippen LogP contribution < -0.4 is 31.8 Å². The number of amides is 1. The molecule has 1 aliphatic heterocycles. The summed E-state index contributed by atoms with van der Waals surface area (Å²) in [5.74, 6) is -0.214. The monoisotopic (exact) mass is 924 g/mol. The molecule has 13 heteroatoms. The van der Waals surface area contributed by atoms with Crippen LogP contribution in [0, 0.1) is 6.92 Å². The Kier molecular flexibility index (Phi) is 15.2. The molecule has 0 spiro atoms. The predicted molar refractivity (Wildman–Crippen MR) is 267 cm³/mol. The normalized spacial score (nSPS) is 18.1. The summed E-state index contributed by atoms with van der Waals surface area (Å²) < 4.78 is 31.3. The van der Waals surface area contributed by atoms with Crippen LogP contribution in [0.15, 0.2) is 163 Å². The molecule has 2 heterocycles. The Balaban J connectivity index is 1.40. The van der Waals surface area contributed by atoms with Gasteiger partial charge in [0.1, 0.15) is 24.1 Å². The second-order valence-electron chi connectivity index (χ2n) is 19.0. The molecule has 1 N–H and O–H groups in total. The lowest BCUT2D eigenvalue weighted by Crippen LogP contribution is -2.70. The lowest BCUT2D eigenvalue weighted by molar-refractivity contribution is -0.150. The summed E-state index contributed by atoms with van der Waals surface area (Å²) in [6, 6.07) is 50.8. The van der Waals surface area contributed by atoms with Gasteiger partial charge in [-0.25, -0.2) is 4.79 Å². The van der Waals surface area contributed by atoms with E-state index in [0.29, 0.717) is 11.1 Å². The summed E-state index contributed by atoms with van der Waals surface area (Å²) >= 11 is 0. The number of nitrogens with one attached hydrogen (secondary N) is 1. The van der Waals surface area contributed by atoms with E-state index in [-0.39, 0.29) is 36.6 Å². The van der Waals surface area contributed by atoms with Gasteiger partial charge in [0.15, 0.2) is 6.23 Å². The van der Waals surface area contributed by atoms with E-state index in [1.54, 1.807) is 42.4 Å². The molecule has 0 radical (unpaired) electrons. The van der Waals surface area contributed by atoms with Crippen LogP contribution in [0.25, 0.3) is 0 Å². The van der Waals surface area contributed by atoms with Crippen molar-refractivity contribution in [2.24, 2.45) is 0 Å². The minimum Gasteiger partial charge on any atom is -0.405 e. The number of carbonyl (C=O) groups excluding carboxylic acids is 1. The van der Waals surface area contributed by atoms with E-state index < -0.39 is 51.9 Å². The first-order valence-electron chi connectivity index (χ1n) is 22.6. The number of ether oxygens (including phenoxy) is 2. The lowest BCUT2D eigenvalue weighted by Gasteiger charge is -2.46. The van der Waals surface area contributed by atoms with Gasteiger partial charge < -0.3 is 23.6 Å². The van der Waals surface area contributed by atoms with E-state index in [9.17, 15) is 9.59 Å². The Morgan fingerprint density at radius 1 is 0.682 bits per heavy atom. The topological polar surface area (TPSA) is 113 Å². The van der Waals surface area contributed by atoms with Crippen LogP contribution in [0.1, 0.15) is 63.7 Å². The molecule has 0 saturated carbocycles. The third-order valence-corrected chi connectivity index (χ3v) is 22.4. The van der Waals surface area contributed by atoms with Gasteiger partial charge in [0.2, 0.25) is 0 Å². The molecular weight excluding hydrogens is 861 g/mol. The fourth-order valence-corrected chi connectivity index (χ4v) is 18.6. The van der Waals surface area contributed by atoms with Crippen molar-refractivity contribution < 1.29 is 28.0 Å². The van der Waals surface area contributed by atoms with Gasteiger partial charge in [-0.1, -0.05) is 181 Å². The number of hydrogen-bond acceptors (Lipinski definition) is 9. The first-order chi connectivity index (χ1) is 31.6. The summed E-state index contributed by atoms with van der Waals surface area (Å²) in [6.07, 6.45) is -1.71. The molecule has 0 unspecified atom stereocenters. The maximum absolute atomic E-state index is 14.5. The minimum absolute atomic E-state index is 0.118. The van der Waals surface area contributed by atoms with Gasteiger partial charge in [0.25, 0.3) is 22.5 Å². The van der Waals surface area contributed by atoms with Crippen molar-refractivity contribution >= 4 is 49.1 Å². The first kappa shape index (κ1) is 48.6. The highest BCUT2D eigenvalue weighted by molar-refractivity contribution is 7.00. The zero-order chi connectivity index (χ0) is 47.1. The molecule has 1 aliphatic rings. The van der Waals surface area contributed by atoms with Gasteiger partial charge in [-0.05, 0) is 49.9 Å². The van der Waals surface area contributed by atoms with Crippen molar-refractivity contribution in [3.63, 3.8) is 0 Å². The number of benzene rings is 5. The summed E-state index contributed by atoms with van der Waals surface area (Å²) in [5.41, 5.74) is 0.390. The van der Waals surface area contributed by atoms with Crippen LogP contribution >= 0.6 is 0 Å². The van der Waals surface area contributed by atoms with Crippen LogP contribution in [0.5, 0.6) is 0 Å². The van der Waals surface area contributed by atoms with Gasteiger partial charge in [-0.3, -0.25) is 14.2 Å². The van der Waals surface area contributed by atoms with Crippen molar-refractivity contribution in [2.45, 2.75) is 83.1 Å². The average Bonchev–Trinajstić information content (AvgIpc) is 3.64. The SMILES string of the molecule is Cc1cn([C@@H]2O[C@H](CO[Si](c3ccccc3)(c3ccccc3)C(C)(C)C)[C@@H](O[Si](c3ccccc3)(c3ccccc3)C(C)(C)C)[C@H]2OCCON(C)C)c(=O)nc1NC(=O)c1ccccc1. The number of anilines is 1. The Morgan fingerprint density at radius 2 is 1.14 bits per heavy atom. The van der Waals surface area contributed by atoms with Crippen molar-refractivity contribution in [2.75, 3.05) is 39.2 Å². The Morgan fingerprint density at radius 3 is 1.59 bits per heavy atom. The molecule has 1 amide bonds. The van der Waals surface area contributed by atoms with E-state index in [4.69, 9.17) is 23.2 Å². The van der Waals surface area contributed by atoms with E-state index in [1.165, 1.54) is 4.57 Å². The van der Waals surface area contributed by atoms with Gasteiger partial charge in [0, 0.05) is 31.4 Å². The van der Waals surface area contributed by atoms with Crippen LogP contribution in [-0.2, 0) is 23.2 Å². The van der Waals surface area contributed by atoms with Crippen LogP contribution in [-0.4, -0.2) is 89.4 Å². The highest BCUT2D eigenvalue weighted by Gasteiger charge is 2.58. The number of aryl methyl sites for hydroxylation is 1. The Labute approximate surface area is 391 Å². The highest BCUT2D eigenvalue weighted by atomic mass is 28.4. The van der Waals surface area contributed by atoms with Crippen molar-refractivity contribution in [3.05, 3.63) is 179 Å². The maximum atomic E-state index is 14.5. The summed E-state index contributed by atoms with van der Waals surface area (Å²) in [7, 11) is -2.79. The lowest BCUT2D eigenvalue weighted by atomic mass is 10.1. The zero-order valence-corrected chi connectivity index (χ0v) is 41.6. The van der Waals surface area contributed by atoms with Gasteiger partial charge in [-0.2, -0.15) is 10.0 Å². The molecule has 346 valence electrons. The van der Waals surface area contributed by atoms with Crippen LogP contribution in [0.3, 0.4) is 0 Å². The van der Waals surface area contributed by atoms with Crippen LogP contribution in [0.4, 0.5) is 5.82 Å². The molecule has 7 rings (SSSR count). The molecule has 1 fully saturated rings. The summed E-state index contributed by atoms with van der Waals surface area (Å²) in [6.45, 7) is 15.8. The molecule has 0 bridgehead atoms. The van der Waals surface area contributed by atoms with Gasteiger partial charge >= 0.3 is 5.69 Å². The predicted octanol–water partition coefficient (Wildman–Crippen LogP) is 7.10. The van der Waals surface area contributed by atoms with E-state index >= 15 is 0 Å². The molecule has 66 heavy (non-hydrogen) atoms. The van der Waals surface area contributed by atoms with Gasteiger partial charge in [-0.15, -0.1) is 0 Å². The van der Waals surface area contributed by atoms with E-state index in [2.05, 4.69) is 149 Å². The van der Waals surface area contributed by atoms with Crippen molar-refractivity contribution in [3.8, 4) is 0 Å². The number of rotatable bonds is 17. The minimum atomic E-state index is -3.31. The van der Waals surface area contributed by atoms with Gasteiger partial charge in [0.05, 0.1) is 19.8 Å². The third kappa shape index (κ3) is 10.1. The molecule has 6 aromatic rings. The van der Waals surface area contributed by atoms with E-state index in [1.807, 2.05) is 44.4 Å². The summed E-state index contributed by atoms with van der Waals surface area (Å²) in [4.78, 5) is 38.0. The fourth-order valence-electron chi connectivity index (χ4n) is 9.30. The Bertz CT molecular complexity index is 2480. The number of nitrogens with zero attached hydrogens (tertiary/aromatic N) is 3. The smallest absolute Gasteiger partial charge is 0.351 e.